The molecule has 0 bridgehead atoms. The molecule has 1 aliphatic carbocycles. The molecular formula is C14H19NO2. The van der Waals surface area contributed by atoms with E-state index in [0.29, 0.717) is 12.3 Å². The molecule has 1 saturated carbocycles. The Hall–Kier alpha value is -1.51. The molecule has 0 heterocycles. The fourth-order valence-electron chi connectivity index (χ4n) is 2.14. The van der Waals surface area contributed by atoms with Crippen LogP contribution in [0.3, 0.4) is 0 Å². The number of carbonyl (C=O) groups is 1. The summed E-state index contributed by atoms with van der Waals surface area (Å²) >= 11 is 0. The standard InChI is InChI=1S/C14H19NO2/c1-15(10-11-4-2-5-11)14(17)9-12-6-3-7-13(16)8-12/h3,6-8,11,16H,2,4-5,9-10H2,1H3. The van der Waals surface area contributed by atoms with Crippen LogP contribution in [-0.2, 0) is 11.2 Å². The van der Waals surface area contributed by atoms with Gasteiger partial charge in [-0.2, -0.15) is 0 Å². The number of rotatable bonds is 4. The molecule has 92 valence electrons. The highest BCUT2D eigenvalue weighted by Crippen LogP contribution is 2.26. The molecule has 0 radical (unpaired) electrons. The van der Waals surface area contributed by atoms with Crippen LogP contribution in [0.1, 0.15) is 24.8 Å². The van der Waals surface area contributed by atoms with E-state index < -0.39 is 0 Å². The van der Waals surface area contributed by atoms with E-state index in [0.717, 1.165) is 12.1 Å². The number of carbonyl (C=O) groups excluding carboxylic acids is 1. The van der Waals surface area contributed by atoms with Gasteiger partial charge in [0.15, 0.2) is 0 Å². The smallest absolute Gasteiger partial charge is 0.226 e. The van der Waals surface area contributed by atoms with E-state index in [2.05, 4.69) is 0 Å². The first kappa shape index (κ1) is 12.0. The minimum Gasteiger partial charge on any atom is -0.508 e. The molecule has 1 aromatic carbocycles. The van der Waals surface area contributed by atoms with Crippen LogP contribution in [0.5, 0.6) is 5.75 Å². The number of benzene rings is 1. The highest BCUT2D eigenvalue weighted by molar-refractivity contribution is 5.78. The van der Waals surface area contributed by atoms with Crippen molar-refractivity contribution in [2.24, 2.45) is 5.92 Å². The maximum atomic E-state index is 11.9. The molecular weight excluding hydrogens is 214 g/mol. The molecule has 17 heavy (non-hydrogen) atoms. The highest BCUT2D eigenvalue weighted by atomic mass is 16.3. The van der Waals surface area contributed by atoms with Crippen molar-refractivity contribution in [2.75, 3.05) is 13.6 Å². The van der Waals surface area contributed by atoms with Crippen LogP contribution >= 0.6 is 0 Å². The van der Waals surface area contributed by atoms with Crippen LogP contribution in [-0.4, -0.2) is 29.5 Å². The predicted molar refractivity (Wildman–Crippen MR) is 66.8 cm³/mol. The van der Waals surface area contributed by atoms with Crippen LogP contribution in [0, 0.1) is 5.92 Å². The van der Waals surface area contributed by atoms with Gasteiger partial charge in [0.25, 0.3) is 0 Å². The Balaban J connectivity index is 1.87. The largest absolute Gasteiger partial charge is 0.508 e. The third kappa shape index (κ3) is 3.22. The molecule has 0 spiro atoms. The summed E-state index contributed by atoms with van der Waals surface area (Å²) in [6.45, 7) is 0.873. The van der Waals surface area contributed by atoms with Gasteiger partial charge in [-0.15, -0.1) is 0 Å². The number of phenols is 1. The lowest BCUT2D eigenvalue weighted by atomic mass is 9.85. The van der Waals surface area contributed by atoms with Gasteiger partial charge in [0, 0.05) is 13.6 Å². The average Bonchev–Trinajstić information content (AvgIpc) is 2.23. The second kappa shape index (κ2) is 5.21. The molecule has 3 nitrogen and oxygen atoms in total. The van der Waals surface area contributed by atoms with Gasteiger partial charge in [-0.1, -0.05) is 18.6 Å². The van der Waals surface area contributed by atoms with E-state index >= 15 is 0 Å². The normalized spacial score (nSPS) is 15.4. The number of nitrogens with zero attached hydrogens (tertiary/aromatic N) is 1. The van der Waals surface area contributed by atoms with Gasteiger partial charge in [-0.3, -0.25) is 4.79 Å². The van der Waals surface area contributed by atoms with Gasteiger partial charge >= 0.3 is 0 Å². The average molecular weight is 233 g/mol. The van der Waals surface area contributed by atoms with Crippen molar-refractivity contribution in [1.82, 2.24) is 4.90 Å². The topological polar surface area (TPSA) is 40.5 Å². The van der Waals surface area contributed by atoms with Crippen LogP contribution < -0.4 is 0 Å². The lowest BCUT2D eigenvalue weighted by molar-refractivity contribution is -0.130. The summed E-state index contributed by atoms with van der Waals surface area (Å²) in [5.41, 5.74) is 0.871. The Labute approximate surface area is 102 Å². The van der Waals surface area contributed by atoms with Crippen molar-refractivity contribution in [3.8, 4) is 5.75 Å². The molecule has 3 heteroatoms. The third-order valence-electron chi connectivity index (χ3n) is 3.45. The van der Waals surface area contributed by atoms with E-state index in [1.807, 2.05) is 18.0 Å². The van der Waals surface area contributed by atoms with Crippen molar-refractivity contribution in [3.05, 3.63) is 29.8 Å². The summed E-state index contributed by atoms with van der Waals surface area (Å²) in [5.74, 6) is 1.05. The number of likely N-dealkylation sites (N-methyl/N-ethyl adjacent to an activating group) is 1. The van der Waals surface area contributed by atoms with Crippen LogP contribution in [0.15, 0.2) is 24.3 Å². The monoisotopic (exact) mass is 233 g/mol. The number of amides is 1. The highest BCUT2D eigenvalue weighted by Gasteiger charge is 2.21. The molecule has 2 rings (SSSR count). The molecule has 1 aliphatic rings. The Bertz CT molecular complexity index is 399. The molecule has 0 saturated heterocycles. The van der Waals surface area contributed by atoms with E-state index in [4.69, 9.17) is 0 Å². The fraction of sp³-hybridized carbons (Fsp3) is 0.500. The minimum atomic E-state index is 0.127. The summed E-state index contributed by atoms with van der Waals surface area (Å²) in [6, 6.07) is 6.90. The predicted octanol–water partition coefficient (Wildman–Crippen LogP) is 2.19. The quantitative estimate of drug-likeness (QED) is 0.866. The van der Waals surface area contributed by atoms with Crippen LogP contribution in [0.25, 0.3) is 0 Å². The van der Waals surface area contributed by atoms with Crippen molar-refractivity contribution in [1.29, 1.82) is 0 Å². The van der Waals surface area contributed by atoms with Gasteiger partial charge in [-0.25, -0.2) is 0 Å². The van der Waals surface area contributed by atoms with Crippen molar-refractivity contribution < 1.29 is 9.90 Å². The lowest BCUT2D eigenvalue weighted by Gasteiger charge is -2.30. The van der Waals surface area contributed by atoms with Crippen LogP contribution in [0.2, 0.25) is 0 Å². The van der Waals surface area contributed by atoms with E-state index in [9.17, 15) is 9.90 Å². The van der Waals surface area contributed by atoms with Crippen molar-refractivity contribution in [3.63, 3.8) is 0 Å². The summed E-state index contributed by atoms with van der Waals surface area (Å²) < 4.78 is 0. The summed E-state index contributed by atoms with van der Waals surface area (Å²) in [5, 5.41) is 9.33. The third-order valence-corrected chi connectivity index (χ3v) is 3.45. The van der Waals surface area contributed by atoms with Crippen molar-refractivity contribution in [2.45, 2.75) is 25.7 Å². The van der Waals surface area contributed by atoms with Crippen molar-refractivity contribution >= 4 is 5.91 Å². The number of phenolic OH excluding ortho intramolecular Hbond substituents is 1. The van der Waals surface area contributed by atoms with E-state index in [-0.39, 0.29) is 11.7 Å². The fourth-order valence-corrected chi connectivity index (χ4v) is 2.14. The zero-order valence-electron chi connectivity index (χ0n) is 10.2. The van der Waals surface area contributed by atoms with Gasteiger partial charge < -0.3 is 10.0 Å². The van der Waals surface area contributed by atoms with Gasteiger partial charge in [-0.05, 0) is 36.5 Å². The summed E-state index contributed by atoms with van der Waals surface area (Å²) in [4.78, 5) is 13.8. The lowest BCUT2D eigenvalue weighted by Crippen LogP contribution is -2.35. The molecule has 0 atom stereocenters. The molecule has 1 N–H and O–H groups in total. The molecule has 1 amide bonds. The summed E-state index contributed by atoms with van der Waals surface area (Å²) in [6.07, 6.45) is 4.18. The van der Waals surface area contributed by atoms with E-state index in [1.165, 1.54) is 19.3 Å². The zero-order valence-corrected chi connectivity index (χ0v) is 10.2. The summed E-state index contributed by atoms with van der Waals surface area (Å²) in [7, 11) is 1.86. The second-order valence-electron chi connectivity index (χ2n) is 4.92. The SMILES string of the molecule is CN(CC1CCC1)C(=O)Cc1cccc(O)c1. The molecule has 0 unspecified atom stereocenters. The Kier molecular flexibility index (Phi) is 3.67. The Morgan fingerprint density at radius 2 is 2.24 bits per heavy atom. The minimum absolute atomic E-state index is 0.127. The number of hydrogen-bond acceptors (Lipinski definition) is 2. The van der Waals surface area contributed by atoms with Gasteiger partial charge in [0.1, 0.15) is 5.75 Å². The Morgan fingerprint density at radius 3 is 2.82 bits per heavy atom. The molecule has 0 aromatic heterocycles. The number of aromatic hydroxyl groups is 1. The number of hydrogen-bond donors (Lipinski definition) is 1. The first-order chi connectivity index (χ1) is 8.15. The maximum Gasteiger partial charge on any atom is 0.226 e. The van der Waals surface area contributed by atoms with Crippen LogP contribution in [0.4, 0.5) is 0 Å². The Morgan fingerprint density at radius 1 is 1.47 bits per heavy atom. The van der Waals surface area contributed by atoms with Gasteiger partial charge in [0.2, 0.25) is 5.91 Å². The maximum absolute atomic E-state index is 11.9. The second-order valence-corrected chi connectivity index (χ2v) is 4.92. The van der Waals surface area contributed by atoms with E-state index in [1.54, 1.807) is 18.2 Å². The molecule has 0 aliphatic heterocycles. The zero-order chi connectivity index (χ0) is 12.3. The molecule has 1 aromatic rings. The first-order valence-electron chi connectivity index (χ1n) is 6.17. The molecule has 1 fully saturated rings. The van der Waals surface area contributed by atoms with Gasteiger partial charge in [0.05, 0.1) is 6.42 Å². The first-order valence-corrected chi connectivity index (χ1v) is 6.17.